The van der Waals surface area contributed by atoms with Crippen LogP contribution in [0.2, 0.25) is 0 Å². The number of unbranched alkanes of at least 4 members (excludes halogenated alkanes) is 2. The predicted molar refractivity (Wildman–Crippen MR) is 58.8 cm³/mol. The van der Waals surface area contributed by atoms with Crippen LogP contribution in [0.15, 0.2) is 18.5 Å². The average molecular weight is 194 g/mol. The van der Waals surface area contributed by atoms with Gasteiger partial charge in [-0.25, -0.2) is 0 Å². The Balaban J connectivity index is 2.34. The van der Waals surface area contributed by atoms with Crippen molar-refractivity contribution in [3.63, 3.8) is 0 Å². The number of rotatable bonds is 6. The van der Waals surface area contributed by atoms with Gasteiger partial charge in [-0.15, -0.1) is 0 Å². The van der Waals surface area contributed by atoms with E-state index in [0.29, 0.717) is 0 Å². The van der Waals surface area contributed by atoms with Crippen molar-refractivity contribution >= 4 is 5.69 Å². The summed E-state index contributed by atoms with van der Waals surface area (Å²) in [5, 5.41) is 3.03. The van der Waals surface area contributed by atoms with Crippen molar-refractivity contribution in [3.05, 3.63) is 18.5 Å². The summed E-state index contributed by atoms with van der Waals surface area (Å²) in [4.78, 5) is 4.07. The molecule has 0 saturated carbocycles. The van der Waals surface area contributed by atoms with Crippen molar-refractivity contribution in [3.8, 4) is 5.75 Å². The summed E-state index contributed by atoms with van der Waals surface area (Å²) in [7, 11) is 1.87. The summed E-state index contributed by atoms with van der Waals surface area (Å²) >= 11 is 0. The van der Waals surface area contributed by atoms with Gasteiger partial charge >= 0.3 is 0 Å². The van der Waals surface area contributed by atoms with Crippen LogP contribution in [-0.2, 0) is 0 Å². The van der Waals surface area contributed by atoms with Crippen molar-refractivity contribution in [2.24, 2.45) is 0 Å². The Labute approximate surface area is 85.5 Å². The highest BCUT2D eigenvalue weighted by atomic mass is 16.5. The fraction of sp³-hybridized carbons (Fsp3) is 0.545. The molecule has 0 aliphatic rings. The molecule has 0 aliphatic carbocycles. The van der Waals surface area contributed by atoms with E-state index in [9.17, 15) is 0 Å². The minimum Gasteiger partial charge on any atom is -0.492 e. The number of aromatic nitrogens is 1. The molecule has 1 rings (SSSR count). The summed E-state index contributed by atoms with van der Waals surface area (Å²) in [6.45, 7) is 2.96. The molecule has 0 aromatic carbocycles. The van der Waals surface area contributed by atoms with E-state index >= 15 is 0 Å². The molecule has 0 unspecified atom stereocenters. The molecule has 0 fully saturated rings. The molecular weight excluding hydrogens is 176 g/mol. The molecule has 14 heavy (non-hydrogen) atoms. The van der Waals surface area contributed by atoms with Crippen LogP contribution in [-0.4, -0.2) is 18.6 Å². The van der Waals surface area contributed by atoms with Gasteiger partial charge in [-0.1, -0.05) is 19.8 Å². The molecule has 0 radical (unpaired) electrons. The van der Waals surface area contributed by atoms with Crippen LogP contribution in [0.25, 0.3) is 0 Å². The van der Waals surface area contributed by atoms with Crippen LogP contribution in [0.4, 0.5) is 5.69 Å². The Morgan fingerprint density at radius 1 is 1.36 bits per heavy atom. The summed E-state index contributed by atoms with van der Waals surface area (Å²) in [6, 6.07) is 1.96. The van der Waals surface area contributed by atoms with Crippen molar-refractivity contribution in [2.45, 2.75) is 26.2 Å². The normalized spacial score (nSPS) is 9.86. The molecule has 3 heteroatoms. The van der Waals surface area contributed by atoms with Crippen molar-refractivity contribution in [1.82, 2.24) is 4.98 Å². The lowest BCUT2D eigenvalue weighted by Gasteiger charge is -2.06. The third-order valence-electron chi connectivity index (χ3n) is 2.02. The van der Waals surface area contributed by atoms with Gasteiger partial charge < -0.3 is 10.1 Å². The molecule has 0 amide bonds. The van der Waals surface area contributed by atoms with Gasteiger partial charge in [0, 0.05) is 13.1 Å². The summed E-state index contributed by atoms with van der Waals surface area (Å²) in [5.74, 6) is 0.841. The van der Waals surface area contributed by atoms with Crippen molar-refractivity contribution in [2.75, 3.05) is 19.0 Å². The second-order valence-electron chi connectivity index (χ2n) is 3.21. The van der Waals surface area contributed by atoms with Crippen LogP contribution in [0.5, 0.6) is 5.75 Å². The van der Waals surface area contributed by atoms with E-state index in [2.05, 4.69) is 17.2 Å². The maximum atomic E-state index is 5.55. The van der Waals surface area contributed by atoms with Crippen LogP contribution in [0.1, 0.15) is 26.2 Å². The summed E-state index contributed by atoms with van der Waals surface area (Å²) in [5.41, 5.74) is 0.984. The number of nitrogens with one attached hydrogen (secondary N) is 1. The Morgan fingerprint density at radius 3 is 2.93 bits per heavy atom. The SMILES string of the molecule is CCCCCOc1cncc(NC)c1. The Hall–Kier alpha value is -1.25. The first kappa shape index (κ1) is 10.8. The van der Waals surface area contributed by atoms with Gasteiger partial charge in [0.1, 0.15) is 5.75 Å². The first-order valence-corrected chi connectivity index (χ1v) is 5.12. The molecule has 0 saturated heterocycles. The van der Waals surface area contributed by atoms with E-state index in [0.717, 1.165) is 24.5 Å². The quantitative estimate of drug-likeness (QED) is 0.707. The van der Waals surface area contributed by atoms with E-state index in [4.69, 9.17) is 4.74 Å². The first-order chi connectivity index (χ1) is 6.86. The molecule has 0 bridgehead atoms. The highest BCUT2D eigenvalue weighted by molar-refractivity contribution is 5.44. The third kappa shape index (κ3) is 3.64. The lowest BCUT2D eigenvalue weighted by Crippen LogP contribution is -1.98. The molecule has 0 aliphatic heterocycles. The number of ether oxygens (including phenoxy) is 1. The number of hydrogen-bond donors (Lipinski definition) is 1. The smallest absolute Gasteiger partial charge is 0.139 e. The van der Waals surface area contributed by atoms with E-state index in [-0.39, 0.29) is 0 Å². The standard InChI is InChI=1S/C11H18N2O/c1-3-4-5-6-14-11-7-10(12-2)8-13-9-11/h7-9,12H,3-6H2,1-2H3. The number of hydrogen-bond acceptors (Lipinski definition) is 3. The molecular formula is C11H18N2O. The molecule has 0 atom stereocenters. The van der Waals surface area contributed by atoms with Gasteiger partial charge in [-0.3, -0.25) is 4.98 Å². The topological polar surface area (TPSA) is 34.1 Å². The fourth-order valence-electron chi connectivity index (χ4n) is 1.18. The van der Waals surface area contributed by atoms with Gasteiger partial charge in [0.25, 0.3) is 0 Å². The Kier molecular flexibility index (Phi) is 4.83. The Morgan fingerprint density at radius 2 is 2.21 bits per heavy atom. The number of pyridine rings is 1. The maximum Gasteiger partial charge on any atom is 0.139 e. The highest BCUT2D eigenvalue weighted by Gasteiger charge is 1.95. The highest BCUT2D eigenvalue weighted by Crippen LogP contribution is 2.14. The van der Waals surface area contributed by atoms with Gasteiger partial charge in [0.05, 0.1) is 24.7 Å². The molecule has 1 aromatic heterocycles. The van der Waals surface area contributed by atoms with E-state index in [1.165, 1.54) is 12.8 Å². The Bertz CT molecular complexity index is 263. The zero-order valence-corrected chi connectivity index (χ0v) is 8.92. The molecule has 3 nitrogen and oxygen atoms in total. The van der Waals surface area contributed by atoms with Gasteiger partial charge in [-0.2, -0.15) is 0 Å². The van der Waals surface area contributed by atoms with Crippen LogP contribution >= 0.6 is 0 Å². The minimum absolute atomic E-state index is 0.780. The maximum absolute atomic E-state index is 5.55. The molecule has 78 valence electrons. The predicted octanol–water partition coefficient (Wildman–Crippen LogP) is 2.69. The third-order valence-corrected chi connectivity index (χ3v) is 2.02. The van der Waals surface area contributed by atoms with E-state index in [1.807, 2.05) is 13.1 Å². The van der Waals surface area contributed by atoms with Crippen LogP contribution in [0, 0.1) is 0 Å². The second-order valence-corrected chi connectivity index (χ2v) is 3.21. The molecule has 1 aromatic rings. The van der Waals surface area contributed by atoms with Crippen molar-refractivity contribution < 1.29 is 4.74 Å². The van der Waals surface area contributed by atoms with Crippen LogP contribution < -0.4 is 10.1 Å². The largest absolute Gasteiger partial charge is 0.492 e. The zero-order valence-electron chi connectivity index (χ0n) is 8.92. The van der Waals surface area contributed by atoms with E-state index < -0.39 is 0 Å². The molecule has 1 N–H and O–H groups in total. The summed E-state index contributed by atoms with van der Waals surface area (Å²) in [6.07, 6.45) is 7.07. The molecule has 0 spiro atoms. The fourth-order valence-corrected chi connectivity index (χ4v) is 1.18. The van der Waals surface area contributed by atoms with Crippen LogP contribution in [0.3, 0.4) is 0 Å². The minimum atomic E-state index is 0.780. The zero-order chi connectivity index (χ0) is 10.2. The van der Waals surface area contributed by atoms with Gasteiger partial charge in [-0.05, 0) is 6.42 Å². The van der Waals surface area contributed by atoms with E-state index in [1.54, 1.807) is 12.4 Å². The van der Waals surface area contributed by atoms with Gasteiger partial charge in [0.2, 0.25) is 0 Å². The van der Waals surface area contributed by atoms with Crippen molar-refractivity contribution in [1.29, 1.82) is 0 Å². The lowest BCUT2D eigenvalue weighted by atomic mass is 10.3. The number of nitrogens with zero attached hydrogens (tertiary/aromatic N) is 1. The lowest BCUT2D eigenvalue weighted by molar-refractivity contribution is 0.305. The molecule has 1 heterocycles. The monoisotopic (exact) mass is 194 g/mol. The first-order valence-electron chi connectivity index (χ1n) is 5.12. The second kappa shape index (κ2) is 6.24. The van der Waals surface area contributed by atoms with Gasteiger partial charge in [0.15, 0.2) is 0 Å². The number of anilines is 1. The average Bonchev–Trinajstić information content (AvgIpc) is 2.25. The summed E-state index contributed by atoms with van der Waals surface area (Å²) < 4.78 is 5.55.